The molecule has 0 saturated heterocycles. The first kappa shape index (κ1) is 30.9. The zero-order valence-electron chi connectivity index (χ0n) is 28.3. The number of aromatic nitrogens is 1. The molecule has 3 atom stereocenters. The van der Waals surface area contributed by atoms with Gasteiger partial charge >= 0.3 is 0 Å². The Bertz CT molecular complexity index is 2310. The quantitative estimate of drug-likeness (QED) is 0.163. The van der Waals surface area contributed by atoms with Gasteiger partial charge in [0.2, 0.25) is 0 Å². The summed E-state index contributed by atoms with van der Waals surface area (Å²) in [4.78, 5) is 0. The van der Waals surface area contributed by atoms with E-state index in [1.165, 1.54) is 71.8 Å². The second-order valence-corrected chi connectivity index (χ2v) is 13.7. The number of hydrogen-bond donors (Lipinski definition) is 2. The maximum atomic E-state index is 5.91. The van der Waals surface area contributed by atoms with Gasteiger partial charge < -0.3 is 15.6 Å². The van der Waals surface area contributed by atoms with Crippen molar-refractivity contribution in [2.75, 3.05) is 0 Å². The van der Waals surface area contributed by atoms with Gasteiger partial charge in [0.05, 0.1) is 11.0 Å². The third-order valence-electron chi connectivity index (χ3n) is 9.97. The third kappa shape index (κ3) is 6.19. The van der Waals surface area contributed by atoms with Crippen LogP contribution in [0.5, 0.6) is 0 Å². The molecule has 2 aliphatic rings. The maximum absolute atomic E-state index is 5.91. The van der Waals surface area contributed by atoms with Crippen molar-refractivity contribution in [1.29, 1.82) is 0 Å². The highest BCUT2D eigenvalue weighted by atomic mass is 15.0. The number of dihydropyridines is 1. The maximum Gasteiger partial charge on any atom is 0.0619 e. The Labute approximate surface area is 289 Å². The van der Waals surface area contributed by atoms with Gasteiger partial charge in [0.1, 0.15) is 0 Å². The molecule has 0 saturated carbocycles. The number of benzene rings is 5. The van der Waals surface area contributed by atoms with E-state index < -0.39 is 0 Å². The van der Waals surface area contributed by atoms with Gasteiger partial charge in [-0.3, -0.25) is 0 Å². The Morgan fingerprint density at radius 1 is 0.796 bits per heavy atom. The number of nitrogens with zero attached hydrogens (tertiary/aromatic N) is 1. The van der Waals surface area contributed by atoms with Crippen LogP contribution in [0.3, 0.4) is 0 Å². The molecular formula is C46H43N3. The van der Waals surface area contributed by atoms with Crippen molar-refractivity contribution in [3.63, 3.8) is 0 Å². The summed E-state index contributed by atoms with van der Waals surface area (Å²) in [5.41, 5.74) is 16.9. The van der Waals surface area contributed by atoms with E-state index >= 15 is 0 Å². The van der Waals surface area contributed by atoms with E-state index in [0.29, 0.717) is 12.0 Å². The van der Waals surface area contributed by atoms with Gasteiger partial charge in [0.15, 0.2) is 0 Å². The van der Waals surface area contributed by atoms with Crippen molar-refractivity contribution in [2.45, 2.75) is 45.2 Å². The van der Waals surface area contributed by atoms with E-state index in [1.54, 1.807) is 0 Å². The van der Waals surface area contributed by atoms with Crippen LogP contribution >= 0.6 is 0 Å². The summed E-state index contributed by atoms with van der Waals surface area (Å²) in [6, 6.07) is 38.8. The molecule has 3 nitrogen and oxygen atoms in total. The molecule has 1 aliphatic carbocycles. The molecule has 1 aliphatic heterocycles. The Kier molecular flexibility index (Phi) is 8.37. The minimum absolute atomic E-state index is 0.217. The SMILES string of the molecule is CC(N)C/C=C\CC1C=CC(c2ccc3c4ccc5cc(-c6ccc(C7=CC=CC(C)N7)cc6)ccc5c4n(-c4ccccc4)c3c2)=CC1. The molecule has 0 radical (unpaired) electrons. The van der Waals surface area contributed by atoms with Gasteiger partial charge in [0.25, 0.3) is 0 Å². The van der Waals surface area contributed by atoms with E-state index in [1.807, 2.05) is 0 Å². The van der Waals surface area contributed by atoms with Crippen molar-refractivity contribution in [3.8, 4) is 16.8 Å². The molecule has 3 N–H and O–H groups in total. The largest absolute Gasteiger partial charge is 0.379 e. The number of nitrogens with one attached hydrogen (secondary N) is 1. The lowest BCUT2D eigenvalue weighted by Crippen LogP contribution is -2.24. The lowest BCUT2D eigenvalue weighted by molar-refractivity contribution is 0.666. The highest BCUT2D eigenvalue weighted by Crippen LogP contribution is 2.39. The van der Waals surface area contributed by atoms with Crippen LogP contribution in [0.25, 0.3) is 60.7 Å². The number of fused-ring (bicyclic) bond motifs is 5. The number of allylic oxidation sites excluding steroid dienone is 7. The van der Waals surface area contributed by atoms with E-state index in [0.717, 1.165) is 19.3 Å². The normalized spacial score (nSPS) is 18.3. The smallest absolute Gasteiger partial charge is 0.0619 e. The molecule has 0 spiro atoms. The average molecular weight is 638 g/mol. The molecule has 2 heterocycles. The third-order valence-corrected chi connectivity index (χ3v) is 9.97. The molecular weight excluding hydrogens is 595 g/mol. The molecule has 0 amide bonds. The zero-order valence-corrected chi connectivity index (χ0v) is 28.3. The molecule has 0 bridgehead atoms. The first-order valence-electron chi connectivity index (χ1n) is 17.6. The van der Waals surface area contributed by atoms with Gasteiger partial charge in [-0.15, -0.1) is 0 Å². The predicted octanol–water partition coefficient (Wildman–Crippen LogP) is 11.1. The van der Waals surface area contributed by atoms with Crippen molar-refractivity contribution >= 4 is 43.8 Å². The Balaban J connectivity index is 1.17. The lowest BCUT2D eigenvalue weighted by atomic mass is 9.90. The number of nitrogens with two attached hydrogens (primary N) is 1. The van der Waals surface area contributed by atoms with Gasteiger partial charge in [-0.25, -0.2) is 0 Å². The Morgan fingerprint density at radius 3 is 2.33 bits per heavy atom. The highest BCUT2D eigenvalue weighted by molar-refractivity contribution is 6.19. The van der Waals surface area contributed by atoms with Crippen LogP contribution < -0.4 is 11.1 Å². The molecule has 3 unspecified atom stereocenters. The summed E-state index contributed by atoms with van der Waals surface area (Å²) in [5, 5.41) is 8.61. The molecule has 242 valence electrons. The lowest BCUT2D eigenvalue weighted by Gasteiger charge is -2.18. The predicted molar refractivity (Wildman–Crippen MR) is 211 cm³/mol. The van der Waals surface area contributed by atoms with E-state index in [9.17, 15) is 0 Å². The second-order valence-electron chi connectivity index (χ2n) is 13.7. The van der Waals surface area contributed by atoms with Crippen LogP contribution in [0, 0.1) is 5.92 Å². The van der Waals surface area contributed by atoms with Crippen LogP contribution in [0.4, 0.5) is 0 Å². The van der Waals surface area contributed by atoms with Gasteiger partial charge in [-0.05, 0) is 103 Å². The van der Waals surface area contributed by atoms with Gasteiger partial charge in [-0.2, -0.15) is 0 Å². The first-order valence-corrected chi connectivity index (χ1v) is 17.6. The molecule has 1 aromatic heterocycles. The summed E-state index contributed by atoms with van der Waals surface area (Å²) in [5.74, 6) is 0.536. The molecule has 49 heavy (non-hydrogen) atoms. The highest BCUT2D eigenvalue weighted by Gasteiger charge is 2.18. The molecule has 6 aromatic rings. The monoisotopic (exact) mass is 637 g/mol. The van der Waals surface area contributed by atoms with Crippen LogP contribution in [0.2, 0.25) is 0 Å². The summed E-state index contributed by atoms with van der Waals surface area (Å²) < 4.78 is 2.46. The molecule has 5 aromatic carbocycles. The topological polar surface area (TPSA) is 43.0 Å². The van der Waals surface area contributed by atoms with Crippen LogP contribution in [-0.2, 0) is 0 Å². The van der Waals surface area contributed by atoms with E-state index in [-0.39, 0.29) is 6.04 Å². The number of rotatable bonds is 8. The fourth-order valence-corrected chi connectivity index (χ4v) is 7.36. The summed E-state index contributed by atoms with van der Waals surface area (Å²) in [7, 11) is 0. The summed E-state index contributed by atoms with van der Waals surface area (Å²) in [6.07, 6.45) is 21.1. The minimum atomic E-state index is 0.217. The van der Waals surface area contributed by atoms with Crippen LogP contribution in [0.15, 0.2) is 152 Å². The second kappa shape index (κ2) is 13.3. The average Bonchev–Trinajstić information content (AvgIpc) is 3.48. The summed E-state index contributed by atoms with van der Waals surface area (Å²) in [6.45, 7) is 4.23. The minimum Gasteiger partial charge on any atom is -0.379 e. The summed E-state index contributed by atoms with van der Waals surface area (Å²) >= 11 is 0. The van der Waals surface area contributed by atoms with E-state index in [2.05, 4.69) is 175 Å². The number of hydrogen-bond acceptors (Lipinski definition) is 2. The van der Waals surface area contributed by atoms with Gasteiger partial charge in [-0.1, -0.05) is 121 Å². The first-order chi connectivity index (χ1) is 24.0. The number of para-hydroxylation sites is 1. The molecule has 8 rings (SSSR count). The van der Waals surface area contributed by atoms with Crippen molar-refractivity contribution in [3.05, 3.63) is 163 Å². The van der Waals surface area contributed by atoms with Crippen molar-refractivity contribution in [2.24, 2.45) is 11.7 Å². The van der Waals surface area contributed by atoms with Crippen LogP contribution in [-0.4, -0.2) is 16.7 Å². The Hall–Kier alpha value is -5.38. The Morgan fingerprint density at radius 2 is 1.55 bits per heavy atom. The van der Waals surface area contributed by atoms with Gasteiger partial charge in [0, 0.05) is 39.6 Å². The molecule has 0 fully saturated rings. The van der Waals surface area contributed by atoms with Crippen LogP contribution in [0.1, 0.15) is 44.2 Å². The van der Waals surface area contributed by atoms with Crippen molar-refractivity contribution in [1.82, 2.24) is 9.88 Å². The van der Waals surface area contributed by atoms with E-state index in [4.69, 9.17) is 5.73 Å². The fourth-order valence-electron chi connectivity index (χ4n) is 7.36. The standard InChI is InChI=1S/C46H43N3/c1-31(47)9-6-7-11-33-15-17-34(18-16-33)38-24-27-42-43-28-25-39-29-37(35-19-21-36(22-20-35)44-14-8-10-32(2)48-44)23-26-41(39)46(43)49(45(42)30-38)40-12-4-3-5-13-40/h3-8,10,12-15,17-33,48H,9,11,16,47H2,1-2H3/b7-6-. The zero-order chi connectivity index (χ0) is 33.3. The molecule has 3 heteroatoms. The van der Waals surface area contributed by atoms with Crippen molar-refractivity contribution < 1.29 is 0 Å². The fraction of sp³-hybridized carbons (Fsp3) is 0.174.